The molecule has 0 bridgehead atoms. The molecule has 2 aromatic rings. The molecule has 3 nitrogen and oxygen atoms in total. The lowest BCUT2D eigenvalue weighted by Crippen LogP contribution is -1.93. The Morgan fingerprint density at radius 3 is 2.76 bits per heavy atom. The number of hydrogen-bond donors (Lipinski definition) is 0. The van der Waals surface area contributed by atoms with Gasteiger partial charge in [0.2, 0.25) is 11.2 Å². The van der Waals surface area contributed by atoms with Gasteiger partial charge in [0.05, 0.1) is 4.47 Å². The van der Waals surface area contributed by atoms with Gasteiger partial charge in [0.15, 0.2) is 11.6 Å². The minimum Gasteiger partial charge on any atom is -0.435 e. The van der Waals surface area contributed by atoms with Gasteiger partial charge in [0.1, 0.15) is 0 Å². The van der Waals surface area contributed by atoms with Gasteiger partial charge in [0, 0.05) is 10.7 Å². The highest BCUT2D eigenvalue weighted by molar-refractivity contribution is 9.10. The van der Waals surface area contributed by atoms with E-state index in [4.69, 9.17) is 16.3 Å². The lowest BCUT2D eigenvalue weighted by Gasteiger charge is -2.07. The van der Waals surface area contributed by atoms with Crippen molar-refractivity contribution in [1.29, 1.82) is 0 Å². The molecule has 1 aromatic carbocycles. The Balaban J connectivity index is 2.34. The molecule has 1 aromatic heterocycles. The molecular formula is C10H4Br2ClFN2O. The predicted molar refractivity (Wildman–Crippen MR) is 68.9 cm³/mol. The molecule has 0 aliphatic rings. The third-order valence-corrected chi connectivity index (χ3v) is 3.00. The van der Waals surface area contributed by atoms with E-state index in [0.717, 1.165) is 0 Å². The molecule has 17 heavy (non-hydrogen) atoms. The van der Waals surface area contributed by atoms with Crippen LogP contribution in [-0.2, 0) is 0 Å². The summed E-state index contributed by atoms with van der Waals surface area (Å²) in [6.45, 7) is 0. The molecule has 0 aliphatic carbocycles. The molecule has 0 saturated heterocycles. The van der Waals surface area contributed by atoms with Crippen molar-refractivity contribution in [2.75, 3.05) is 0 Å². The molecule has 88 valence electrons. The number of nitrogens with zero attached hydrogens (tertiary/aromatic N) is 2. The van der Waals surface area contributed by atoms with Crippen molar-refractivity contribution < 1.29 is 9.13 Å². The summed E-state index contributed by atoms with van der Waals surface area (Å²) in [5.74, 6) is -0.282. The number of halogens is 4. The van der Waals surface area contributed by atoms with E-state index in [2.05, 4.69) is 41.8 Å². The molecule has 0 radical (unpaired) electrons. The predicted octanol–water partition coefficient (Wildman–Crippen LogP) is 4.59. The first kappa shape index (κ1) is 12.7. The quantitative estimate of drug-likeness (QED) is 0.713. The summed E-state index contributed by atoms with van der Waals surface area (Å²) < 4.78 is 19.9. The molecule has 0 N–H and O–H groups in total. The van der Waals surface area contributed by atoms with E-state index >= 15 is 0 Å². The van der Waals surface area contributed by atoms with Crippen LogP contribution >= 0.6 is 43.5 Å². The van der Waals surface area contributed by atoms with Crippen LogP contribution in [0.4, 0.5) is 4.39 Å². The Morgan fingerprint density at radius 2 is 2.06 bits per heavy atom. The molecule has 0 atom stereocenters. The summed E-state index contributed by atoms with van der Waals surface area (Å²) in [4.78, 5) is 7.58. The van der Waals surface area contributed by atoms with E-state index in [1.54, 1.807) is 6.07 Å². The van der Waals surface area contributed by atoms with Gasteiger partial charge >= 0.3 is 0 Å². The van der Waals surface area contributed by atoms with Crippen molar-refractivity contribution in [3.8, 4) is 11.6 Å². The van der Waals surface area contributed by atoms with Crippen molar-refractivity contribution in [3.63, 3.8) is 0 Å². The first-order valence-electron chi connectivity index (χ1n) is 4.37. The van der Waals surface area contributed by atoms with Gasteiger partial charge in [-0.25, -0.2) is 9.37 Å². The van der Waals surface area contributed by atoms with Gasteiger partial charge in [0.25, 0.3) is 0 Å². The van der Waals surface area contributed by atoms with Crippen LogP contribution in [0.25, 0.3) is 0 Å². The van der Waals surface area contributed by atoms with E-state index in [9.17, 15) is 4.39 Å². The molecule has 2 rings (SSSR count). The highest BCUT2D eigenvalue weighted by atomic mass is 79.9. The van der Waals surface area contributed by atoms with Gasteiger partial charge < -0.3 is 4.74 Å². The molecule has 1 heterocycles. The SMILES string of the molecule is Fc1cc(Br)ccc1Oc1nc(Cl)ncc1Br. The van der Waals surface area contributed by atoms with Crippen molar-refractivity contribution >= 4 is 43.5 Å². The lowest BCUT2D eigenvalue weighted by atomic mass is 10.3. The Labute approximate surface area is 118 Å². The van der Waals surface area contributed by atoms with Gasteiger partial charge in [-0.15, -0.1) is 0 Å². The van der Waals surface area contributed by atoms with Gasteiger partial charge in [-0.1, -0.05) is 15.9 Å². The maximum absolute atomic E-state index is 13.5. The van der Waals surface area contributed by atoms with Crippen LogP contribution in [0.1, 0.15) is 0 Å². The second-order valence-electron chi connectivity index (χ2n) is 2.97. The molecule has 0 aliphatic heterocycles. The topological polar surface area (TPSA) is 35.0 Å². The number of rotatable bonds is 2. The van der Waals surface area contributed by atoms with Gasteiger partial charge in [-0.05, 0) is 45.7 Å². The van der Waals surface area contributed by atoms with Crippen LogP contribution in [0.5, 0.6) is 11.6 Å². The minimum atomic E-state index is -0.499. The molecule has 0 saturated carbocycles. The summed E-state index contributed by atoms with van der Waals surface area (Å²) in [5.41, 5.74) is 0. The van der Waals surface area contributed by atoms with Crippen molar-refractivity contribution in [3.05, 3.63) is 44.4 Å². The van der Waals surface area contributed by atoms with Crippen LogP contribution in [0, 0.1) is 5.82 Å². The highest BCUT2D eigenvalue weighted by Gasteiger charge is 2.10. The zero-order valence-electron chi connectivity index (χ0n) is 8.12. The Kier molecular flexibility index (Phi) is 3.96. The van der Waals surface area contributed by atoms with E-state index in [-0.39, 0.29) is 16.9 Å². The number of hydrogen-bond acceptors (Lipinski definition) is 3. The van der Waals surface area contributed by atoms with Crippen LogP contribution < -0.4 is 4.74 Å². The van der Waals surface area contributed by atoms with E-state index in [1.165, 1.54) is 18.3 Å². The molecule has 0 fully saturated rings. The summed E-state index contributed by atoms with van der Waals surface area (Å²) in [6, 6.07) is 4.45. The molecule has 0 unspecified atom stereocenters. The average molecular weight is 382 g/mol. The smallest absolute Gasteiger partial charge is 0.238 e. The first-order chi connectivity index (χ1) is 8.06. The lowest BCUT2D eigenvalue weighted by molar-refractivity contribution is 0.423. The second kappa shape index (κ2) is 5.29. The fourth-order valence-corrected chi connectivity index (χ4v) is 1.80. The van der Waals surface area contributed by atoms with E-state index in [1.807, 2.05) is 0 Å². The van der Waals surface area contributed by atoms with Crippen molar-refractivity contribution in [1.82, 2.24) is 9.97 Å². The first-order valence-corrected chi connectivity index (χ1v) is 6.33. The Bertz CT molecular complexity index is 568. The standard InChI is InChI=1S/C10H4Br2ClFN2O/c11-5-1-2-8(7(14)3-5)17-9-6(12)4-15-10(13)16-9/h1-4H. The zero-order valence-corrected chi connectivity index (χ0v) is 12.1. The van der Waals surface area contributed by atoms with Crippen LogP contribution in [0.15, 0.2) is 33.3 Å². The van der Waals surface area contributed by atoms with Crippen LogP contribution in [0.2, 0.25) is 5.28 Å². The second-order valence-corrected chi connectivity index (χ2v) is 5.08. The van der Waals surface area contributed by atoms with Gasteiger partial charge in [-0.3, -0.25) is 0 Å². The summed E-state index contributed by atoms with van der Waals surface area (Å²) in [5, 5.41) is 0.0284. The highest BCUT2D eigenvalue weighted by Crippen LogP contribution is 2.30. The number of benzene rings is 1. The fourth-order valence-electron chi connectivity index (χ4n) is 1.06. The normalized spacial score (nSPS) is 10.4. The van der Waals surface area contributed by atoms with Crippen molar-refractivity contribution in [2.45, 2.75) is 0 Å². The number of aromatic nitrogens is 2. The molecular weight excluding hydrogens is 378 g/mol. The minimum absolute atomic E-state index is 0.0284. The Hall–Kier alpha value is -0.720. The fraction of sp³-hybridized carbons (Fsp3) is 0. The molecule has 0 spiro atoms. The van der Waals surface area contributed by atoms with E-state index < -0.39 is 5.82 Å². The third kappa shape index (κ3) is 3.14. The Morgan fingerprint density at radius 1 is 1.29 bits per heavy atom. The molecule has 0 amide bonds. The van der Waals surface area contributed by atoms with Crippen LogP contribution in [0.3, 0.4) is 0 Å². The maximum Gasteiger partial charge on any atom is 0.238 e. The zero-order chi connectivity index (χ0) is 12.4. The van der Waals surface area contributed by atoms with Crippen LogP contribution in [-0.4, -0.2) is 9.97 Å². The summed E-state index contributed by atoms with van der Waals surface area (Å²) in [6.07, 6.45) is 1.43. The maximum atomic E-state index is 13.5. The largest absolute Gasteiger partial charge is 0.435 e. The summed E-state index contributed by atoms with van der Waals surface area (Å²) in [7, 11) is 0. The molecule has 7 heteroatoms. The third-order valence-electron chi connectivity index (χ3n) is 1.78. The van der Waals surface area contributed by atoms with Gasteiger partial charge in [-0.2, -0.15) is 4.98 Å². The number of ether oxygens (including phenoxy) is 1. The van der Waals surface area contributed by atoms with Crippen molar-refractivity contribution in [2.24, 2.45) is 0 Å². The monoisotopic (exact) mass is 380 g/mol. The average Bonchev–Trinajstić information content (AvgIpc) is 2.27. The van der Waals surface area contributed by atoms with E-state index in [0.29, 0.717) is 8.95 Å². The summed E-state index contributed by atoms with van der Waals surface area (Å²) >= 11 is 12.0.